The van der Waals surface area contributed by atoms with Crippen LogP contribution >= 0.6 is 34.5 Å². The van der Waals surface area contributed by atoms with Crippen LogP contribution in [0.5, 0.6) is 5.75 Å². The molecular formula is C16H17IN2O7S. The number of para-hydroxylation sites is 1. The molecule has 1 heterocycles. The molecule has 2 amide bonds. The number of ether oxygens (including phenoxy) is 2. The largest absolute Gasteiger partial charge is 0.484 e. The molecule has 0 radical (unpaired) electrons. The monoisotopic (exact) mass is 508 g/mol. The summed E-state index contributed by atoms with van der Waals surface area (Å²) in [6.07, 6.45) is 0. The Morgan fingerprint density at radius 1 is 1.22 bits per heavy atom. The SMILES string of the molecule is O=C(O)COC(=O)CSN1C(=O)C(NC(=O)COc2ccccc2)C1CI. The maximum absolute atomic E-state index is 12.2. The molecule has 0 aromatic heterocycles. The zero-order valence-corrected chi connectivity index (χ0v) is 17.0. The van der Waals surface area contributed by atoms with Crippen molar-refractivity contribution in [3.05, 3.63) is 30.3 Å². The summed E-state index contributed by atoms with van der Waals surface area (Å²) < 4.78 is 11.8. The second kappa shape index (κ2) is 10.3. The first-order valence-corrected chi connectivity index (χ1v) is 10.3. The van der Waals surface area contributed by atoms with Gasteiger partial charge in [-0.2, -0.15) is 0 Å². The van der Waals surface area contributed by atoms with Crippen LogP contribution in [0, 0.1) is 0 Å². The number of halogens is 1. The van der Waals surface area contributed by atoms with Crippen LogP contribution in [-0.4, -0.2) is 68.6 Å². The molecular weight excluding hydrogens is 491 g/mol. The first kappa shape index (κ1) is 21.3. The first-order chi connectivity index (χ1) is 12.9. The molecule has 1 aliphatic heterocycles. The molecule has 146 valence electrons. The molecule has 1 aromatic rings. The van der Waals surface area contributed by atoms with Gasteiger partial charge in [0, 0.05) is 4.43 Å². The van der Waals surface area contributed by atoms with Gasteiger partial charge in [0.25, 0.3) is 11.8 Å². The van der Waals surface area contributed by atoms with Gasteiger partial charge < -0.3 is 19.9 Å². The molecule has 0 bridgehead atoms. The molecule has 1 aliphatic rings. The normalized spacial score (nSPS) is 18.4. The molecule has 11 heteroatoms. The third-order valence-electron chi connectivity index (χ3n) is 3.44. The van der Waals surface area contributed by atoms with E-state index in [2.05, 4.69) is 32.6 Å². The van der Waals surface area contributed by atoms with Gasteiger partial charge >= 0.3 is 11.9 Å². The number of rotatable bonds is 10. The first-order valence-electron chi connectivity index (χ1n) is 7.79. The van der Waals surface area contributed by atoms with Crippen LogP contribution in [0.15, 0.2) is 30.3 Å². The number of carbonyl (C=O) groups excluding carboxylic acids is 3. The number of hydrogen-bond donors (Lipinski definition) is 2. The summed E-state index contributed by atoms with van der Waals surface area (Å²) in [5.74, 6) is -2.37. The fraction of sp³-hybridized carbons (Fsp3) is 0.375. The Morgan fingerprint density at radius 2 is 1.93 bits per heavy atom. The molecule has 2 N–H and O–H groups in total. The van der Waals surface area contributed by atoms with E-state index in [1.165, 1.54) is 4.31 Å². The van der Waals surface area contributed by atoms with Crippen molar-refractivity contribution in [2.24, 2.45) is 0 Å². The lowest BCUT2D eigenvalue weighted by Crippen LogP contribution is -2.69. The van der Waals surface area contributed by atoms with Crippen LogP contribution < -0.4 is 10.1 Å². The lowest BCUT2D eigenvalue weighted by atomic mass is 10.0. The van der Waals surface area contributed by atoms with Gasteiger partial charge in [-0.3, -0.25) is 18.7 Å². The number of alkyl halides is 1. The highest BCUT2D eigenvalue weighted by Gasteiger charge is 2.48. The average molecular weight is 508 g/mol. The van der Waals surface area contributed by atoms with E-state index in [1.807, 2.05) is 6.07 Å². The van der Waals surface area contributed by atoms with Gasteiger partial charge in [0.15, 0.2) is 13.2 Å². The molecule has 2 atom stereocenters. The van der Waals surface area contributed by atoms with Gasteiger partial charge in [0.05, 0.1) is 6.04 Å². The number of carboxylic acids is 1. The molecule has 27 heavy (non-hydrogen) atoms. The minimum atomic E-state index is -1.25. The standard InChI is InChI=1S/C16H17IN2O7S/c17-6-11-15(18-12(20)7-25-10-4-2-1-3-5-10)16(24)19(11)27-9-14(23)26-8-13(21)22/h1-5,11,15H,6-9H2,(H,18,20)(H,21,22). The summed E-state index contributed by atoms with van der Waals surface area (Å²) in [5, 5.41) is 11.1. The zero-order chi connectivity index (χ0) is 19.8. The second-order valence-electron chi connectivity index (χ2n) is 5.36. The highest BCUT2D eigenvalue weighted by Crippen LogP contribution is 2.30. The number of aliphatic carboxylic acids is 1. The third kappa shape index (κ3) is 6.27. The Bertz CT molecular complexity index is 703. The van der Waals surface area contributed by atoms with E-state index in [4.69, 9.17) is 9.84 Å². The number of nitrogens with one attached hydrogen (secondary N) is 1. The average Bonchev–Trinajstić information content (AvgIpc) is 2.66. The Hall–Kier alpha value is -2.02. The fourth-order valence-electron chi connectivity index (χ4n) is 2.17. The van der Waals surface area contributed by atoms with Gasteiger partial charge in [0.2, 0.25) is 0 Å². The van der Waals surface area contributed by atoms with E-state index in [-0.39, 0.29) is 24.3 Å². The maximum atomic E-state index is 12.2. The fourth-order valence-corrected chi connectivity index (χ4v) is 4.30. The van der Waals surface area contributed by atoms with E-state index >= 15 is 0 Å². The van der Waals surface area contributed by atoms with E-state index in [0.29, 0.717) is 10.2 Å². The number of carboxylic acid groups (broad SMARTS) is 1. The van der Waals surface area contributed by atoms with Crippen LogP contribution in [0.4, 0.5) is 0 Å². The summed E-state index contributed by atoms with van der Waals surface area (Å²) in [6, 6.07) is 7.87. The number of esters is 1. The lowest BCUT2D eigenvalue weighted by molar-refractivity contribution is -0.153. The smallest absolute Gasteiger partial charge is 0.341 e. The molecule has 0 saturated carbocycles. The predicted octanol–water partition coefficient (Wildman–Crippen LogP) is 0.472. The van der Waals surface area contributed by atoms with Gasteiger partial charge in [0.1, 0.15) is 17.5 Å². The molecule has 1 saturated heterocycles. The summed E-state index contributed by atoms with van der Waals surface area (Å²) in [6.45, 7) is -0.931. The van der Waals surface area contributed by atoms with Crippen molar-refractivity contribution in [3.8, 4) is 5.75 Å². The topological polar surface area (TPSA) is 122 Å². The summed E-state index contributed by atoms with van der Waals surface area (Å²) in [5.41, 5.74) is 0. The number of β-lactam (4-membered cyclic amide) rings is 1. The molecule has 1 fully saturated rings. The Morgan fingerprint density at radius 3 is 2.56 bits per heavy atom. The van der Waals surface area contributed by atoms with E-state index in [9.17, 15) is 19.2 Å². The van der Waals surface area contributed by atoms with Crippen LogP contribution in [0.2, 0.25) is 0 Å². The van der Waals surface area contributed by atoms with Crippen LogP contribution in [0.3, 0.4) is 0 Å². The summed E-state index contributed by atoms with van der Waals surface area (Å²) in [4.78, 5) is 46.0. The Labute approximate surface area is 173 Å². The maximum Gasteiger partial charge on any atom is 0.341 e. The molecule has 2 unspecified atom stereocenters. The van der Waals surface area contributed by atoms with Crippen molar-refractivity contribution in [1.82, 2.24) is 9.62 Å². The van der Waals surface area contributed by atoms with Crippen molar-refractivity contribution >= 4 is 58.3 Å². The predicted molar refractivity (Wildman–Crippen MR) is 104 cm³/mol. The molecule has 0 spiro atoms. The molecule has 9 nitrogen and oxygen atoms in total. The summed E-state index contributed by atoms with van der Waals surface area (Å²) in [7, 11) is 0. The number of nitrogens with zero attached hydrogens (tertiary/aromatic N) is 1. The highest BCUT2D eigenvalue weighted by molar-refractivity contribution is 14.1. The van der Waals surface area contributed by atoms with Crippen molar-refractivity contribution in [3.63, 3.8) is 0 Å². The Balaban J connectivity index is 1.76. The van der Waals surface area contributed by atoms with Gasteiger partial charge in [-0.1, -0.05) is 40.8 Å². The number of carbonyl (C=O) groups is 4. The number of amides is 2. The third-order valence-corrected chi connectivity index (χ3v) is 5.43. The van der Waals surface area contributed by atoms with Gasteiger partial charge in [-0.25, -0.2) is 4.79 Å². The highest BCUT2D eigenvalue weighted by atomic mass is 127. The van der Waals surface area contributed by atoms with Gasteiger partial charge in [-0.05, 0) is 24.1 Å². The number of hydrogen-bond acceptors (Lipinski definition) is 7. The van der Waals surface area contributed by atoms with Crippen molar-refractivity contribution in [2.75, 3.05) is 23.4 Å². The number of benzene rings is 1. The minimum Gasteiger partial charge on any atom is -0.484 e. The van der Waals surface area contributed by atoms with Crippen molar-refractivity contribution < 1.29 is 33.8 Å². The van der Waals surface area contributed by atoms with Crippen LogP contribution in [0.1, 0.15) is 0 Å². The van der Waals surface area contributed by atoms with E-state index < -0.39 is 30.5 Å². The van der Waals surface area contributed by atoms with Crippen LogP contribution in [0.25, 0.3) is 0 Å². The minimum absolute atomic E-state index is 0.191. The Kier molecular flexibility index (Phi) is 8.16. The zero-order valence-electron chi connectivity index (χ0n) is 14.0. The van der Waals surface area contributed by atoms with E-state index in [0.717, 1.165) is 11.9 Å². The lowest BCUT2D eigenvalue weighted by Gasteiger charge is -2.45. The van der Waals surface area contributed by atoms with Gasteiger partial charge in [-0.15, -0.1) is 0 Å². The van der Waals surface area contributed by atoms with E-state index in [1.54, 1.807) is 24.3 Å². The molecule has 0 aliphatic carbocycles. The molecule has 1 aromatic carbocycles. The van der Waals surface area contributed by atoms with Crippen LogP contribution in [-0.2, 0) is 23.9 Å². The quantitative estimate of drug-likeness (QED) is 0.154. The summed E-state index contributed by atoms with van der Waals surface area (Å²) >= 11 is 3.02. The van der Waals surface area contributed by atoms with Crippen molar-refractivity contribution in [2.45, 2.75) is 12.1 Å². The second-order valence-corrected chi connectivity index (χ2v) is 7.18. The molecule has 2 rings (SSSR count). The van der Waals surface area contributed by atoms with Crippen molar-refractivity contribution in [1.29, 1.82) is 0 Å².